The number of halogens is 1. The molecule has 2 N–H and O–H groups in total. The minimum atomic E-state index is -1.11. The molecule has 1 aromatic rings. The van der Waals surface area contributed by atoms with Crippen LogP contribution in [0.1, 0.15) is 46.1 Å². The van der Waals surface area contributed by atoms with Crippen molar-refractivity contribution in [2.24, 2.45) is 29.6 Å². The summed E-state index contributed by atoms with van der Waals surface area (Å²) < 4.78 is 31.2. The lowest BCUT2D eigenvalue weighted by Crippen LogP contribution is -2.57. The van der Waals surface area contributed by atoms with E-state index in [9.17, 15) is 24.3 Å². The summed E-state index contributed by atoms with van der Waals surface area (Å²) in [4.78, 5) is 52.4. The molecule has 1 aromatic carbocycles. The molecule has 1 saturated carbocycles. The largest absolute Gasteiger partial charge is 0.456 e. The molecule has 0 aromatic heterocycles. The van der Waals surface area contributed by atoms with Gasteiger partial charge < -0.3 is 34.1 Å². The molecule has 50 heavy (non-hydrogen) atoms. The summed E-state index contributed by atoms with van der Waals surface area (Å²) in [6.45, 7) is 7.33. The first kappa shape index (κ1) is 36.2. The number of hydrogen-bond acceptors (Lipinski definition) is 10. The van der Waals surface area contributed by atoms with Gasteiger partial charge >= 0.3 is 23.8 Å². The molecule has 1 amide bonds. The van der Waals surface area contributed by atoms with Gasteiger partial charge in [0, 0.05) is 53.3 Å². The Morgan fingerprint density at radius 1 is 1.20 bits per heavy atom. The van der Waals surface area contributed by atoms with Gasteiger partial charge in [0.1, 0.15) is 30.0 Å². The van der Waals surface area contributed by atoms with Crippen LogP contribution in [-0.4, -0.2) is 78.3 Å². The maximum atomic E-state index is 13.7. The van der Waals surface area contributed by atoms with Crippen molar-refractivity contribution in [3.05, 3.63) is 81.9 Å². The Balaban J connectivity index is 1.26. The monoisotopic (exact) mass is 753 g/mol. The van der Waals surface area contributed by atoms with Crippen LogP contribution in [0.3, 0.4) is 0 Å². The molecular formula is C38H44BrNO10. The molecule has 3 unspecified atom stereocenters. The molecule has 2 heterocycles. The van der Waals surface area contributed by atoms with E-state index in [0.29, 0.717) is 12.0 Å². The molecule has 2 aliphatic heterocycles. The van der Waals surface area contributed by atoms with Gasteiger partial charge in [0.05, 0.1) is 6.10 Å². The zero-order chi connectivity index (χ0) is 35.9. The van der Waals surface area contributed by atoms with Crippen molar-refractivity contribution in [2.75, 3.05) is 7.11 Å². The molecule has 1 spiro atoms. The minimum absolute atomic E-state index is 0.120. The third-order valence-electron chi connectivity index (χ3n) is 11.0. The maximum Gasteiger partial charge on any atom is 0.397 e. The standard InChI is InChI=1S/C38H44BrNO10/c1-19-15-20(2)38-25(13-14-27-29(38)30(41)21(3)32(33(27)50-38)49-35(43)24-10-6-7-11-24)17-28(46-5)36(44)48-31(19)22(4)47-37(45)34(42)40-18-23-9-8-12-26(39)16-23/h6-10,12-16,19,21-22,25,27-33,41H,11,17-18H2,1-5H3,(H,40,42)/b20-15+/t19-,21-,22-,25-,27?,28+,29?,30?,31+,32-,33-,38+/m1/s1. The van der Waals surface area contributed by atoms with Crippen LogP contribution >= 0.6 is 15.9 Å². The number of allylic oxidation sites excluding steroid dienone is 3. The lowest BCUT2D eigenvalue weighted by Gasteiger charge is -2.49. The van der Waals surface area contributed by atoms with Gasteiger partial charge in [0.2, 0.25) is 0 Å². The number of esters is 3. The average Bonchev–Trinajstić information content (AvgIpc) is 3.69. The SMILES string of the molecule is CO[C@H]1C[C@H]2C=CC3C4C(O)[C@@H](C)[C@@H](OC(=O)C5=CC=CC5)[C@@H]3O[C@]42/C(C)=C/[C@@H](C)[C@@H]([C@@H](C)OC(=O)C(=O)NCc2cccc(Br)c2)OC1=O. The predicted molar refractivity (Wildman–Crippen MR) is 184 cm³/mol. The van der Waals surface area contributed by atoms with Crippen LogP contribution in [0.15, 0.2) is 76.3 Å². The van der Waals surface area contributed by atoms with Crippen molar-refractivity contribution >= 4 is 39.7 Å². The first-order valence-electron chi connectivity index (χ1n) is 17.1. The van der Waals surface area contributed by atoms with Crippen molar-refractivity contribution < 1.29 is 48.0 Å². The highest BCUT2D eigenvalue weighted by atomic mass is 79.9. The highest BCUT2D eigenvalue weighted by molar-refractivity contribution is 9.10. The Labute approximate surface area is 300 Å². The molecule has 12 heteroatoms. The van der Waals surface area contributed by atoms with E-state index in [4.69, 9.17) is 23.7 Å². The second-order valence-electron chi connectivity index (χ2n) is 14.0. The van der Waals surface area contributed by atoms with Crippen molar-refractivity contribution in [2.45, 2.75) is 89.3 Å². The number of carbonyl (C=O) groups excluding carboxylic acids is 4. The second-order valence-corrected chi connectivity index (χ2v) is 14.9. The number of cyclic esters (lactones) is 1. The Kier molecular flexibility index (Phi) is 10.6. The van der Waals surface area contributed by atoms with Gasteiger partial charge in [0.25, 0.3) is 0 Å². The summed E-state index contributed by atoms with van der Waals surface area (Å²) >= 11 is 3.39. The molecule has 3 aliphatic carbocycles. The first-order valence-corrected chi connectivity index (χ1v) is 17.9. The van der Waals surface area contributed by atoms with Crippen LogP contribution in [0.25, 0.3) is 0 Å². The first-order chi connectivity index (χ1) is 23.8. The number of methoxy groups -OCH3 is 1. The third kappa shape index (κ3) is 6.63. The summed E-state index contributed by atoms with van der Waals surface area (Å²) in [7, 11) is 1.42. The van der Waals surface area contributed by atoms with Gasteiger partial charge in [-0.3, -0.25) is 4.79 Å². The molecule has 0 radical (unpaired) electrons. The molecule has 2 fully saturated rings. The smallest absolute Gasteiger partial charge is 0.397 e. The van der Waals surface area contributed by atoms with Crippen molar-refractivity contribution in [3.8, 4) is 0 Å². The van der Waals surface area contributed by atoms with Crippen molar-refractivity contribution in [3.63, 3.8) is 0 Å². The Hall–Kier alpha value is -3.58. The van der Waals surface area contributed by atoms with E-state index in [1.165, 1.54) is 7.11 Å². The maximum absolute atomic E-state index is 13.7. The highest BCUT2D eigenvalue weighted by Gasteiger charge is 2.69. The van der Waals surface area contributed by atoms with E-state index in [1.54, 1.807) is 13.0 Å². The van der Waals surface area contributed by atoms with Crippen LogP contribution in [0.4, 0.5) is 0 Å². The van der Waals surface area contributed by atoms with Crippen LogP contribution in [-0.2, 0) is 49.4 Å². The fraction of sp³-hybridized carbons (Fsp3) is 0.526. The van der Waals surface area contributed by atoms with Gasteiger partial charge in [-0.1, -0.05) is 78.4 Å². The van der Waals surface area contributed by atoms with E-state index < -0.39 is 77.9 Å². The van der Waals surface area contributed by atoms with Gasteiger partial charge in [0.15, 0.2) is 6.10 Å². The van der Waals surface area contributed by atoms with E-state index in [2.05, 4.69) is 21.2 Å². The molecule has 6 rings (SSSR count). The van der Waals surface area contributed by atoms with Crippen molar-refractivity contribution in [1.82, 2.24) is 5.32 Å². The third-order valence-corrected chi connectivity index (χ3v) is 11.5. The Bertz CT molecular complexity index is 1650. The molecule has 12 atom stereocenters. The molecule has 11 nitrogen and oxygen atoms in total. The molecule has 5 aliphatic rings. The molecule has 1 saturated heterocycles. The summed E-state index contributed by atoms with van der Waals surface area (Å²) in [6, 6.07) is 7.31. The fourth-order valence-corrected chi connectivity index (χ4v) is 8.92. The lowest BCUT2D eigenvalue weighted by atomic mass is 9.57. The number of hydrogen-bond donors (Lipinski definition) is 2. The quantitative estimate of drug-likeness (QED) is 0.179. The normalized spacial score (nSPS) is 37.4. The van der Waals surface area contributed by atoms with Crippen molar-refractivity contribution in [1.29, 1.82) is 0 Å². The van der Waals surface area contributed by atoms with Crippen LogP contribution < -0.4 is 5.32 Å². The summed E-state index contributed by atoms with van der Waals surface area (Å²) in [6.07, 6.45) is 6.97. The average molecular weight is 755 g/mol. The lowest BCUT2D eigenvalue weighted by molar-refractivity contribution is -0.180. The van der Waals surface area contributed by atoms with E-state index in [-0.39, 0.29) is 30.7 Å². The number of carbonyl (C=O) groups is 4. The highest BCUT2D eigenvalue weighted by Crippen LogP contribution is 2.61. The second kappa shape index (κ2) is 14.6. The summed E-state index contributed by atoms with van der Waals surface area (Å²) in [5.74, 6) is -5.06. The van der Waals surface area contributed by atoms with Gasteiger partial charge in [-0.15, -0.1) is 0 Å². The number of nitrogens with one attached hydrogen (secondary N) is 1. The minimum Gasteiger partial charge on any atom is -0.456 e. The fourth-order valence-electron chi connectivity index (χ4n) is 8.47. The summed E-state index contributed by atoms with van der Waals surface area (Å²) in [5.41, 5.74) is 1.10. The zero-order valence-electron chi connectivity index (χ0n) is 28.7. The number of benzene rings is 1. The van der Waals surface area contributed by atoms with Crippen LogP contribution in [0.5, 0.6) is 0 Å². The number of ether oxygens (including phenoxy) is 5. The summed E-state index contributed by atoms with van der Waals surface area (Å²) in [5, 5.41) is 14.5. The van der Waals surface area contributed by atoms with Gasteiger partial charge in [-0.2, -0.15) is 0 Å². The van der Waals surface area contributed by atoms with E-state index >= 15 is 0 Å². The van der Waals surface area contributed by atoms with E-state index in [0.717, 1.165) is 15.6 Å². The predicted octanol–water partition coefficient (Wildman–Crippen LogP) is 4.27. The van der Waals surface area contributed by atoms with Gasteiger partial charge in [-0.25, -0.2) is 14.4 Å². The topological polar surface area (TPSA) is 147 Å². The molecule has 268 valence electrons. The van der Waals surface area contributed by atoms with Crippen LogP contribution in [0.2, 0.25) is 0 Å². The zero-order valence-corrected chi connectivity index (χ0v) is 30.3. The molecular weight excluding hydrogens is 710 g/mol. The Morgan fingerprint density at radius 2 is 1.98 bits per heavy atom. The number of aliphatic hydroxyl groups excluding tert-OH is 1. The van der Waals surface area contributed by atoms with Gasteiger partial charge in [-0.05, 0) is 50.0 Å². The Morgan fingerprint density at radius 3 is 2.68 bits per heavy atom. The number of aliphatic hydroxyl groups is 1. The molecule has 4 bridgehead atoms. The van der Waals surface area contributed by atoms with Crippen LogP contribution in [0, 0.1) is 29.6 Å². The number of amides is 1. The van der Waals surface area contributed by atoms with E-state index in [1.807, 2.05) is 75.4 Å². The number of rotatable bonds is 7.